The van der Waals surface area contributed by atoms with E-state index < -0.39 is 22.2 Å². The van der Waals surface area contributed by atoms with Crippen LogP contribution in [0.5, 0.6) is 5.75 Å². The van der Waals surface area contributed by atoms with Gasteiger partial charge in [0.15, 0.2) is 0 Å². The molecule has 216 valence electrons. The van der Waals surface area contributed by atoms with Crippen molar-refractivity contribution in [1.82, 2.24) is 19.4 Å². The number of hydrogen-bond donors (Lipinski definition) is 2. The molecule has 0 aliphatic carbocycles. The van der Waals surface area contributed by atoms with Crippen LogP contribution in [0, 0.1) is 0 Å². The number of nitrogens with zero attached hydrogens (tertiary/aromatic N) is 3. The van der Waals surface area contributed by atoms with Crippen LogP contribution < -0.4 is 10.1 Å². The second-order valence-corrected chi connectivity index (χ2v) is 10.8. The summed E-state index contributed by atoms with van der Waals surface area (Å²) in [6, 6.07) is 6.55. The first kappa shape index (κ1) is 31.8. The molecule has 0 unspecified atom stereocenters. The summed E-state index contributed by atoms with van der Waals surface area (Å²) in [6.45, 7) is 8.66. The number of carboxylic acid groups (broad SMARTS) is 1. The molecule has 0 bridgehead atoms. The van der Waals surface area contributed by atoms with Crippen LogP contribution in [0.3, 0.4) is 0 Å². The van der Waals surface area contributed by atoms with Crippen molar-refractivity contribution >= 4 is 21.9 Å². The standard InChI is InChI=1S/C22H36N4O4S.C2HF3O2/c1-2-30-20-6-8-21(9-7-20)31(28,29)26(19-18-24-13-4-3-5-14-24)15-10-22(27)25-16-11-23-12-17-25;3-2(4,5)1(6)7/h6-9,23H,2-5,10-19H2,1H3;(H,6,7). The lowest BCUT2D eigenvalue weighted by atomic mass is 10.1. The Labute approximate surface area is 221 Å². The first-order chi connectivity index (χ1) is 17.9. The Morgan fingerprint density at radius 3 is 2.13 bits per heavy atom. The number of benzene rings is 1. The van der Waals surface area contributed by atoms with E-state index in [1.807, 2.05) is 11.8 Å². The van der Waals surface area contributed by atoms with Gasteiger partial charge >= 0.3 is 12.1 Å². The normalized spacial score (nSPS) is 17.0. The fourth-order valence-electron chi connectivity index (χ4n) is 4.10. The minimum Gasteiger partial charge on any atom is -0.494 e. The third kappa shape index (κ3) is 10.4. The zero-order chi connectivity index (χ0) is 28.2. The molecule has 2 aliphatic heterocycles. The van der Waals surface area contributed by atoms with Crippen molar-refractivity contribution in [3.8, 4) is 5.75 Å². The minimum atomic E-state index is -5.08. The number of carbonyl (C=O) groups excluding carboxylic acids is 1. The number of likely N-dealkylation sites (tertiary alicyclic amines) is 1. The lowest BCUT2D eigenvalue weighted by molar-refractivity contribution is -0.192. The van der Waals surface area contributed by atoms with Crippen LogP contribution in [-0.4, -0.2) is 111 Å². The minimum absolute atomic E-state index is 0.0198. The third-order valence-electron chi connectivity index (χ3n) is 6.17. The molecular formula is C24H37F3N4O6S. The van der Waals surface area contributed by atoms with Crippen molar-refractivity contribution < 1.29 is 41.0 Å². The number of sulfonamides is 1. The van der Waals surface area contributed by atoms with Gasteiger partial charge in [0.1, 0.15) is 5.75 Å². The Morgan fingerprint density at radius 2 is 1.61 bits per heavy atom. The number of ether oxygens (including phenoxy) is 1. The van der Waals surface area contributed by atoms with Crippen LogP contribution in [0.4, 0.5) is 13.2 Å². The molecule has 38 heavy (non-hydrogen) atoms. The summed E-state index contributed by atoms with van der Waals surface area (Å²) in [5, 5.41) is 10.4. The summed E-state index contributed by atoms with van der Waals surface area (Å²) in [5.74, 6) is -2.09. The number of alkyl halides is 3. The predicted molar refractivity (Wildman–Crippen MR) is 134 cm³/mol. The van der Waals surface area contributed by atoms with Crippen LogP contribution in [-0.2, 0) is 19.6 Å². The van der Waals surface area contributed by atoms with E-state index in [1.165, 1.54) is 10.7 Å². The molecule has 2 heterocycles. The van der Waals surface area contributed by atoms with Crippen molar-refractivity contribution in [2.24, 2.45) is 0 Å². The molecule has 3 rings (SSSR count). The zero-order valence-corrected chi connectivity index (χ0v) is 22.4. The predicted octanol–water partition coefficient (Wildman–Crippen LogP) is 2.02. The molecule has 1 aromatic rings. The fourth-order valence-corrected chi connectivity index (χ4v) is 5.54. The van der Waals surface area contributed by atoms with E-state index in [2.05, 4.69) is 10.2 Å². The van der Waals surface area contributed by atoms with Crippen LogP contribution >= 0.6 is 0 Å². The average Bonchev–Trinajstić information content (AvgIpc) is 2.90. The molecule has 10 nitrogen and oxygen atoms in total. The highest BCUT2D eigenvalue weighted by Crippen LogP contribution is 2.21. The molecule has 0 atom stereocenters. The largest absolute Gasteiger partial charge is 0.494 e. The van der Waals surface area contributed by atoms with Gasteiger partial charge in [-0.25, -0.2) is 13.2 Å². The second-order valence-electron chi connectivity index (χ2n) is 8.89. The van der Waals surface area contributed by atoms with E-state index in [-0.39, 0.29) is 23.8 Å². The van der Waals surface area contributed by atoms with Crippen molar-refractivity contribution in [3.63, 3.8) is 0 Å². The van der Waals surface area contributed by atoms with Crippen LogP contribution in [0.15, 0.2) is 29.2 Å². The molecule has 2 aliphatic rings. The van der Waals surface area contributed by atoms with Gasteiger partial charge in [0.2, 0.25) is 15.9 Å². The van der Waals surface area contributed by atoms with E-state index in [9.17, 15) is 26.4 Å². The molecule has 2 saturated heterocycles. The van der Waals surface area contributed by atoms with E-state index in [0.717, 1.165) is 39.0 Å². The maximum absolute atomic E-state index is 13.4. The molecule has 1 aromatic carbocycles. The number of carboxylic acids is 1. The molecule has 2 N–H and O–H groups in total. The van der Waals surface area contributed by atoms with Gasteiger partial charge in [0.25, 0.3) is 0 Å². The Kier molecular flexibility index (Phi) is 12.8. The first-order valence-corrected chi connectivity index (χ1v) is 14.1. The molecule has 0 aromatic heterocycles. The van der Waals surface area contributed by atoms with Crippen molar-refractivity contribution in [3.05, 3.63) is 24.3 Å². The van der Waals surface area contributed by atoms with Crippen molar-refractivity contribution in [1.29, 1.82) is 0 Å². The van der Waals surface area contributed by atoms with Gasteiger partial charge < -0.3 is 25.0 Å². The SMILES string of the molecule is CCOc1ccc(S(=O)(=O)N(CCC(=O)N2CCNCC2)CCN2CCCCC2)cc1.O=C(O)C(F)(F)F. The summed E-state index contributed by atoms with van der Waals surface area (Å²) < 4.78 is 65.4. The maximum atomic E-state index is 13.4. The Bertz CT molecular complexity index is 980. The number of nitrogens with one attached hydrogen (secondary N) is 1. The summed E-state index contributed by atoms with van der Waals surface area (Å²) in [4.78, 5) is 25.9. The van der Waals surface area contributed by atoms with Gasteiger partial charge in [-0.1, -0.05) is 6.42 Å². The third-order valence-corrected chi connectivity index (χ3v) is 8.09. The van der Waals surface area contributed by atoms with Gasteiger partial charge in [0, 0.05) is 52.2 Å². The van der Waals surface area contributed by atoms with Gasteiger partial charge in [-0.2, -0.15) is 17.5 Å². The Balaban J connectivity index is 0.000000638. The first-order valence-electron chi connectivity index (χ1n) is 12.7. The molecule has 0 radical (unpaired) electrons. The summed E-state index contributed by atoms with van der Waals surface area (Å²) in [6.07, 6.45) is -1.32. The Morgan fingerprint density at radius 1 is 1.03 bits per heavy atom. The number of amides is 1. The molecule has 14 heteroatoms. The fraction of sp³-hybridized carbons (Fsp3) is 0.667. The number of carbonyl (C=O) groups is 2. The van der Waals surface area contributed by atoms with Crippen LogP contribution in [0.1, 0.15) is 32.6 Å². The number of rotatable bonds is 10. The highest BCUT2D eigenvalue weighted by atomic mass is 32.2. The maximum Gasteiger partial charge on any atom is 0.490 e. The van der Waals surface area contributed by atoms with E-state index >= 15 is 0 Å². The number of hydrogen-bond acceptors (Lipinski definition) is 7. The van der Waals surface area contributed by atoms with E-state index in [0.29, 0.717) is 38.5 Å². The average molecular weight is 567 g/mol. The molecule has 0 saturated carbocycles. The highest BCUT2D eigenvalue weighted by molar-refractivity contribution is 7.89. The lowest BCUT2D eigenvalue weighted by Gasteiger charge is -2.31. The quantitative estimate of drug-likeness (QED) is 0.442. The number of aliphatic carboxylic acids is 1. The summed E-state index contributed by atoms with van der Waals surface area (Å²) in [5.41, 5.74) is 0. The van der Waals surface area contributed by atoms with E-state index in [1.54, 1.807) is 24.3 Å². The molecule has 2 fully saturated rings. The van der Waals surface area contributed by atoms with Gasteiger partial charge in [0.05, 0.1) is 11.5 Å². The van der Waals surface area contributed by atoms with Crippen LogP contribution in [0.25, 0.3) is 0 Å². The summed E-state index contributed by atoms with van der Waals surface area (Å²) >= 11 is 0. The number of piperazine rings is 1. The number of piperidine rings is 1. The lowest BCUT2D eigenvalue weighted by Crippen LogP contribution is -2.47. The second kappa shape index (κ2) is 15.2. The van der Waals surface area contributed by atoms with Crippen molar-refractivity contribution in [2.75, 3.05) is 65.5 Å². The smallest absolute Gasteiger partial charge is 0.490 e. The van der Waals surface area contributed by atoms with Gasteiger partial charge in [-0.05, 0) is 57.1 Å². The molecule has 1 amide bonds. The Hall–Kier alpha value is -2.42. The topological polar surface area (TPSA) is 119 Å². The van der Waals surface area contributed by atoms with Crippen molar-refractivity contribution in [2.45, 2.75) is 43.7 Å². The highest BCUT2D eigenvalue weighted by Gasteiger charge is 2.38. The zero-order valence-electron chi connectivity index (χ0n) is 21.6. The number of halogens is 3. The van der Waals surface area contributed by atoms with Gasteiger partial charge in [-0.3, -0.25) is 4.79 Å². The van der Waals surface area contributed by atoms with E-state index in [4.69, 9.17) is 14.6 Å². The monoisotopic (exact) mass is 566 g/mol. The summed E-state index contributed by atoms with van der Waals surface area (Å²) in [7, 11) is -3.69. The van der Waals surface area contributed by atoms with Gasteiger partial charge in [-0.15, -0.1) is 0 Å². The van der Waals surface area contributed by atoms with Crippen LogP contribution in [0.2, 0.25) is 0 Å². The molecule has 0 spiro atoms. The molecular weight excluding hydrogens is 529 g/mol.